The van der Waals surface area contributed by atoms with E-state index in [0.717, 1.165) is 5.92 Å². The first kappa shape index (κ1) is 17.9. The maximum absolute atomic E-state index is 12.6. The minimum absolute atomic E-state index is 0.00586. The van der Waals surface area contributed by atoms with Crippen molar-refractivity contribution in [1.29, 1.82) is 0 Å². The molecule has 0 bridgehead atoms. The van der Waals surface area contributed by atoms with Gasteiger partial charge in [0.1, 0.15) is 0 Å². The molecule has 2 aliphatic rings. The monoisotopic (exact) mass is 348 g/mol. The molecule has 2 aliphatic carbocycles. The third-order valence-electron chi connectivity index (χ3n) is 5.12. The van der Waals surface area contributed by atoms with E-state index in [1.165, 1.54) is 25.7 Å². The highest BCUT2D eigenvalue weighted by molar-refractivity contribution is 5.93. The van der Waals surface area contributed by atoms with Crippen molar-refractivity contribution in [3.8, 4) is 17.2 Å². The number of benzene rings is 1. The zero-order valence-electron chi connectivity index (χ0n) is 15.5. The van der Waals surface area contributed by atoms with Gasteiger partial charge >= 0.3 is 0 Å². The summed E-state index contributed by atoms with van der Waals surface area (Å²) >= 11 is 0. The molecule has 0 aliphatic heterocycles. The Balaban J connectivity index is 1.69. The number of anilines is 1. The van der Waals surface area contributed by atoms with Gasteiger partial charge in [-0.25, -0.2) is 0 Å². The number of nitrogens with one attached hydrogen (secondary N) is 1. The highest BCUT2D eigenvalue weighted by Crippen LogP contribution is 2.41. The molecule has 1 aromatic carbocycles. The predicted octanol–water partition coefficient (Wildman–Crippen LogP) is 2.91. The molecule has 0 spiro atoms. The van der Waals surface area contributed by atoms with Crippen LogP contribution in [-0.4, -0.2) is 50.8 Å². The molecule has 25 heavy (non-hydrogen) atoms. The second-order valence-electron chi connectivity index (χ2n) is 6.94. The molecular weight excluding hydrogens is 320 g/mol. The van der Waals surface area contributed by atoms with E-state index in [2.05, 4.69) is 17.1 Å². The number of methoxy groups -OCH3 is 3. The molecule has 1 amide bonds. The smallest absolute Gasteiger partial charge is 0.238 e. The summed E-state index contributed by atoms with van der Waals surface area (Å²) in [6, 6.07) is 4.57. The molecule has 2 fully saturated rings. The van der Waals surface area contributed by atoms with E-state index in [9.17, 15) is 4.79 Å². The number of amides is 1. The summed E-state index contributed by atoms with van der Waals surface area (Å²) < 4.78 is 16.0. The predicted molar refractivity (Wildman–Crippen MR) is 96.6 cm³/mol. The highest BCUT2D eigenvalue weighted by Gasteiger charge is 2.39. The van der Waals surface area contributed by atoms with E-state index < -0.39 is 0 Å². The first-order chi connectivity index (χ1) is 12.1. The molecule has 1 unspecified atom stereocenters. The van der Waals surface area contributed by atoms with Crippen LogP contribution in [0.15, 0.2) is 12.1 Å². The molecule has 6 nitrogen and oxygen atoms in total. The summed E-state index contributed by atoms with van der Waals surface area (Å²) in [5.41, 5.74) is 0.648. The van der Waals surface area contributed by atoms with Crippen LogP contribution in [0.5, 0.6) is 17.2 Å². The lowest BCUT2D eigenvalue weighted by molar-refractivity contribution is -0.118. The average molecular weight is 348 g/mol. The fraction of sp³-hybridized carbons (Fsp3) is 0.632. The van der Waals surface area contributed by atoms with Crippen LogP contribution in [0.1, 0.15) is 32.6 Å². The van der Waals surface area contributed by atoms with Gasteiger partial charge in [0.05, 0.1) is 27.9 Å². The topological polar surface area (TPSA) is 60.0 Å². The Morgan fingerprint density at radius 3 is 2.16 bits per heavy atom. The second kappa shape index (κ2) is 7.52. The quantitative estimate of drug-likeness (QED) is 0.743. The normalized spacial score (nSPS) is 18.0. The lowest BCUT2D eigenvalue weighted by Gasteiger charge is -2.28. The zero-order valence-corrected chi connectivity index (χ0v) is 15.5. The molecule has 2 saturated carbocycles. The third kappa shape index (κ3) is 4.18. The molecule has 138 valence electrons. The van der Waals surface area contributed by atoms with Gasteiger partial charge in [-0.2, -0.15) is 0 Å². The molecule has 3 rings (SSSR count). The number of carbonyl (C=O) groups excluding carboxylic acids is 1. The van der Waals surface area contributed by atoms with Gasteiger partial charge in [0, 0.05) is 29.9 Å². The second-order valence-corrected chi connectivity index (χ2v) is 6.94. The van der Waals surface area contributed by atoms with Crippen molar-refractivity contribution in [3.05, 3.63) is 12.1 Å². The fourth-order valence-corrected chi connectivity index (χ4v) is 3.38. The number of rotatable bonds is 9. The van der Waals surface area contributed by atoms with E-state index in [1.54, 1.807) is 33.5 Å². The van der Waals surface area contributed by atoms with Gasteiger partial charge in [0.2, 0.25) is 11.7 Å². The largest absolute Gasteiger partial charge is 0.493 e. The molecule has 1 N–H and O–H groups in total. The molecule has 1 atom stereocenters. The Morgan fingerprint density at radius 1 is 1.12 bits per heavy atom. The van der Waals surface area contributed by atoms with Crippen LogP contribution in [0.3, 0.4) is 0 Å². The highest BCUT2D eigenvalue weighted by atomic mass is 16.5. The molecule has 0 radical (unpaired) electrons. The number of hydrogen-bond acceptors (Lipinski definition) is 5. The van der Waals surface area contributed by atoms with Gasteiger partial charge in [0.15, 0.2) is 11.5 Å². The molecular formula is C19H28N2O4. The molecule has 0 heterocycles. The lowest BCUT2D eigenvalue weighted by Crippen LogP contribution is -2.42. The Labute approximate surface area is 149 Å². The van der Waals surface area contributed by atoms with Crippen LogP contribution in [0.2, 0.25) is 0 Å². The van der Waals surface area contributed by atoms with E-state index in [1.807, 2.05) is 0 Å². The first-order valence-corrected chi connectivity index (χ1v) is 8.93. The summed E-state index contributed by atoms with van der Waals surface area (Å²) in [7, 11) is 4.69. The maximum atomic E-state index is 12.6. The SMILES string of the molecule is COc1cc(NC(=O)CN(C2CC2)C(C)C2CC2)cc(OC)c1OC. The Bertz CT molecular complexity index is 601. The van der Waals surface area contributed by atoms with Crippen molar-refractivity contribution in [1.82, 2.24) is 4.90 Å². The van der Waals surface area contributed by atoms with E-state index in [4.69, 9.17) is 14.2 Å². The van der Waals surface area contributed by atoms with Gasteiger partial charge in [-0.3, -0.25) is 9.69 Å². The van der Waals surface area contributed by atoms with Crippen molar-refractivity contribution < 1.29 is 19.0 Å². The van der Waals surface area contributed by atoms with Crippen molar-refractivity contribution >= 4 is 11.6 Å². The molecule has 1 aromatic rings. The van der Waals surface area contributed by atoms with Crippen LogP contribution >= 0.6 is 0 Å². The Hall–Kier alpha value is -1.95. The standard InChI is InChI=1S/C19H28N2O4/c1-12(13-5-6-13)21(15-7-8-15)11-18(22)20-14-9-16(23-2)19(25-4)17(10-14)24-3/h9-10,12-13,15H,5-8,11H2,1-4H3,(H,20,22). The van der Waals surface area contributed by atoms with Gasteiger partial charge < -0.3 is 19.5 Å². The van der Waals surface area contributed by atoms with Crippen LogP contribution in [0, 0.1) is 5.92 Å². The van der Waals surface area contributed by atoms with Crippen LogP contribution in [0.4, 0.5) is 5.69 Å². The fourth-order valence-electron chi connectivity index (χ4n) is 3.38. The van der Waals surface area contributed by atoms with Gasteiger partial charge in [-0.1, -0.05) is 0 Å². The van der Waals surface area contributed by atoms with Crippen molar-refractivity contribution in [2.45, 2.75) is 44.7 Å². The summed E-state index contributed by atoms with van der Waals surface area (Å²) in [4.78, 5) is 15.0. The van der Waals surface area contributed by atoms with Gasteiger partial charge in [-0.15, -0.1) is 0 Å². The summed E-state index contributed by atoms with van der Waals surface area (Å²) in [5.74, 6) is 2.33. The van der Waals surface area contributed by atoms with Crippen LogP contribution in [0.25, 0.3) is 0 Å². The number of nitrogens with zero attached hydrogens (tertiary/aromatic N) is 1. The van der Waals surface area contributed by atoms with Crippen molar-refractivity contribution in [2.75, 3.05) is 33.2 Å². The Morgan fingerprint density at radius 2 is 1.72 bits per heavy atom. The lowest BCUT2D eigenvalue weighted by atomic mass is 10.1. The molecule has 0 aromatic heterocycles. The van der Waals surface area contributed by atoms with E-state index in [0.29, 0.717) is 41.6 Å². The average Bonchev–Trinajstić information content (AvgIpc) is 3.49. The van der Waals surface area contributed by atoms with Gasteiger partial charge in [0.25, 0.3) is 0 Å². The van der Waals surface area contributed by atoms with E-state index in [-0.39, 0.29) is 5.91 Å². The number of hydrogen-bond donors (Lipinski definition) is 1. The van der Waals surface area contributed by atoms with E-state index >= 15 is 0 Å². The first-order valence-electron chi connectivity index (χ1n) is 8.93. The third-order valence-corrected chi connectivity index (χ3v) is 5.12. The van der Waals surface area contributed by atoms with Crippen LogP contribution in [-0.2, 0) is 4.79 Å². The summed E-state index contributed by atoms with van der Waals surface area (Å²) in [6.45, 7) is 2.68. The summed E-state index contributed by atoms with van der Waals surface area (Å²) in [5, 5.41) is 2.97. The molecule has 6 heteroatoms. The van der Waals surface area contributed by atoms with Gasteiger partial charge in [-0.05, 0) is 38.5 Å². The molecule has 0 saturated heterocycles. The zero-order chi connectivity index (χ0) is 18.0. The van der Waals surface area contributed by atoms with Crippen LogP contribution < -0.4 is 19.5 Å². The summed E-state index contributed by atoms with van der Waals surface area (Å²) in [6.07, 6.45) is 4.99. The number of ether oxygens (including phenoxy) is 3. The maximum Gasteiger partial charge on any atom is 0.238 e. The van der Waals surface area contributed by atoms with Crippen molar-refractivity contribution in [2.24, 2.45) is 5.92 Å². The minimum atomic E-state index is -0.00586. The van der Waals surface area contributed by atoms with Crippen molar-refractivity contribution in [3.63, 3.8) is 0 Å². The minimum Gasteiger partial charge on any atom is -0.493 e. The number of carbonyl (C=O) groups is 1. The Kier molecular flexibility index (Phi) is 5.37.